The van der Waals surface area contributed by atoms with Crippen molar-refractivity contribution in [2.75, 3.05) is 5.75 Å². The van der Waals surface area contributed by atoms with Crippen molar-refractivity contribution in [2.45, 2.75) is 11.8 Å². The first-order valence-corrected chi connectivity index (χ1v) is 5.86. The molecule has 1 aromatic rings. The molecule has 1 aromatic carbocycles. The Morgan fingerprint density at radius 2 is 2.14 bits per heavy atom. The minimum Gasteiger partial charge on any atom is -0.223 e. The topological polar surface area (TPSA) is 57.9 Å². The third kappa shape index (κ3) is 2.25. The van der Waals surface area contributed by atoms with Crippen molar-refractivity contribution in [3.05, 3.63) is 28.8 Å². The Balaban J connectivity index is 3.29. The van der Waals surface area contributed by atoms with E-state index in [1.807, 2.05) is 0 Å². The average molecular weight is 230 g/mol. The summed E-state index contributed by atoms with van der Waals surface area (Å²) in [4.78, 5) is 0.170. The molecule has 0 aliphatic carbocycles. The van der Waals surface area contributed by atoms with Gasteiger partial charge >= 0.3 is 0 Å². The molecule has 14 heavy (non-hydrogen) atoms. The van der Waals surface area contributed by atoms with Crippen LogP contribution in [0.15, 0.2) is 23.1 Å². The van der Waals surface area contributed by atoms with Crippen LogP contribution in [0.1, 0.15) is 5.56 Å². The van der Waals surface area contributed by atoms with Gasteiger partial charge in [-0.2, -0.15) is 5.26 Å². The summed E-state index contributed by atoms with van der Waals surface area (Å²) < 4.78 is 23.0. The van der Waals surface area contributed by atoms with Crippen LogP contribution in [0, 0.1) is 18.3 Å². The van der Waals surface area contributed by atoms with Gasteiger partial charge in [0.05, 0.1) is 11.0 Å². The Kier molecular flexibility index (Phi) is 3.14. The molecule has 0 N–H and O–H groups in total. The first-order chi connectivity index (χ1) is 6.47. The fourth-order valence-corrected chi connectivity index (χ4v) is 2.50. The fraction of sp³-hybridized carbons (Fsp3) is 0.222. The number of halogens is 1. The highest BCUT2D eigenvalue weighted by Gasteiger charge is 2.16. The highest BCUT2D eigenvalue weighted by atomic mass is 35.5. The molecule has 0 atom stereocenters. The van der Waals surface area contributed by atoms with E-state index in [1.165, 1.54) is 12.1 Å². The van der Waals surface area contributed by atoms with Crippen molar-refractivity contribution in [3.8, 4) is 6.07 Å². The van der Waals surface area contributed by atoms with Crippen LogP contribution in [0.5, 0.6) is 0 Å². The molecule has 74 valence electrons. The molecule has 0 aliphatic heterocycles. The minimum absolute atomic E-state index is 0.170. The van der Waals surface area contributed by atoms with Crippen LogP contribution in [0.25, 0.3) is 0 Å². The number of hydrogen-bond acceptors (Lipinski definition) is 3. The van der Waals surface area contributed by atoms with Gasteiger partial charge < -0.3 is 0 Å². The zero-order chi connectivity index (χ0) is 10.8. The van der Waals surface area contributed by atoms with Crippen molar-refractivity contribution in [1.82, 2.24) is 0 Å². The first kappa shape index (κ1) is 11.0. The second-order valence-electron chi connectivity index (χ2n) is 2.83. The number of benzene rings is 1. The molecule has 0 aromatic heterocycles. The van der Waals surface area contributed by atoms with E-state index in [-0.39, 0.29) is 4.90 Å². The highest BCUT2D eigenvalue weighted by Crippen LogP contribution is 2.20. The van der Waals surface area contributed by atoms with E-state index in [2.05, 4.69) is 0 Å². The summed E-state index contributed by atoms with van der Waals surface area (Å²) in [6.07, 6.45) is 0. The van der Waals surface area contributed by atoms with E-state index in [0.29, 0.717) is 10.6 Å². The van der Waals surface area contributed by atoms with Gasteiger partial charge in [-0.1, -0.05) is 11.6 Å². The summed E-state index contributed by atoms with van der Waals surface area (Å²) in [5, 5.41) is 8.84. The van der Waals surface area contributed by atoms with E-state index in [4.69, 9.17) is 16.9 Å². The zero-order valence-electron chi connectivity index (χ0n) is 7.49. The lowest BCUT2D eigenvalue weighted by Gasteiger charge is -2.04. The smallest absolute Gasteiger partial charge is 0.191 e. The van der Waals surface area contributed by atoms with Crippen LogP contribution in [-0.4, -0.2) is 14.2 Å². The lowest BCUT2D eigenvalue weighted by molar-refractivity contribution is 0.599. The van der Waals surface area contributed by atoms with Gasteiger partial charge in [0.15, 0.2) is 9.84 Å². The molecule has 1 rings (SSSR count). The molecule has 0 fully saturated rings. The molecule has 3 nitrogen and oxygen atoms in total. The number of nitriles is 1. The minimum atomic E-state index is -3.48. The van der Waals surface area contributed by atoms with Crippen molar-refractivity contribution in [2.24, 2.45) is 0 Å². The van der Waals surface area contributed by atoms with Crippen molar-refractivity contribution in [3.63, 3.8) is 0 Å². The molecule has 0 unspecified atom stereocenters. The van der Waals surface area contributed by atoms with Gasteiger partial charge in [-0.15, -0.1) is 0 Å². The molecule has 0 bridgehead atoms. The summed E-state index contributed by atoms with van der Waals surface area (Å²) in [6, 6.07) is 6.11. The third-order valence-electron chi connectivity index (χ3n) is 1.73. The Morgan fingerprint density at radius 1 is 1.50 bits per heavy atom. The number of nitrogens with zero attached hydrogens (tertiary/aromatic N) is 1. The van der Waals surface area contributed by atoms with Crippen molar-refractivity contribution >= 4 is 21.4 Å². The van der Waals surface area contributed by atoms with E-state index in [0.717, 1.165) is 0 Å². The van der Waals surface area contributed by atoms with Gasteiger partial charge in [-0.05, 0) is 30.7 Å². The first-order valence-electron chi connectivity index (χ1n) is 3.83. The molecule has 0 spiro atoms. The average Bonchev–Trinajstić information content (AvgIpc) is 2.02. The monoisotopic (exact) mass is 229 g/mol. The van der Waals surface area contributed by atoms with E-state index in [9.17, 15) is 8.42 Å². The number of hydrogen-bond donors (Lipinski definition) is 0. The van der Waals surface area contributed by atoms with Crippen LogP contribution in [0.2, 0.25) is 5.02 Å². The molecule has 0 heterocycles. The molecule has 0 aliphatic rings. The quantitative estimate of drug-likeness (QED) is 0.779. The number of rotatable bonds is 2. The number of aryl methyl sites for hydroxylation is 1. The maximum absolute atomic E-state index is 11.5. The normalized spacial score (nSPS) is 10.9. The summed E-state index contributed by atoms with van der Waals surface area (Å²) in [6.45, 7) is 1.65. The summed E-state index contributed by atoms with van der Waals surface area (Å²) in [7, 11) is -3.48. The molecule has 5 heteroatoms. The SMILES string of the molecule is Cc1cc(Cl)ccc1S(=O)(=O)CC#N. The standard InChI is InChI=1S/C9H8ClNO2S/c1-7-6-8(10)2-3-9(7)14(12,13)5-4-11/h2-3,6H,5H2,1H3. The molecule has 0 saturated carbocycles. The predicted molar refractivity (Wildman–Crippen MR) is 53.9 cm³/mol. The van der Waals surface area contributed by atoms with Gasteiger partial charge in [0, 0.05) is 5.02 Å². The molecule has 0 saturated heterocycles. The second-order valence-corrected chi connectivity index (χ2v) is 5.22. The lowest BCUT2D eigenvalue weighted by Crippen LogP contribution is -2.06. The third-order valence-corrected chi connectivity index (χ3v) is 3.60. The molecular weight excluding hydrogens is 222 g/mol. The summed E-state index contributed by atoms with van der Waals surface area (Å²) in [5.74, 6) is -0.504. The maximum Gasteiger partial charge on any atom is 0.191 e. The van der Waals surface area contributed by atoms with Gasteiger partial charge in [0.1, 0.15) is 5.75 Å². The van der Waals surface area contributed by atoms with Gasteiger partial charge in [0.2, 0.25) is 0 Å². The van der Waals surface area contributed by atoms with Crippen molar-refractivity contribution < 1.29 is 8.42 Å². The zero-order valence-corrected chi connectivity index (χ0v) is 9.06. The predicted octanol–water partition coefficient (Wildman–Crippen LogP) is 1.95. The lowest BCUT2D eigenvalue weighted by atomic mass is 10.2. The van der Waals surface area contributed by atoms with Crippen molar-refractivity contribution in [1.29, 1.82) is 5.26 Å². The largest absolute Gasteiger partial charge is 0.223 e. The van der Waals surface area contributed by atoms with Crippen LogP contribution < -0.4 is 0 Å². The van der Waals surface area contributed by atoms with Crippen LogP contribution in [0.4, 0.5) is 0 Å². The van der Waals surface area contributed by atoms with Gasteiger partial charge in [0.25, 0.3) is 0 Å². The maximum atomic E-state index is 11.5. The summed E-state index contributed by atoms with van der Waals surface area (Å²) >= 11 is 5.68. The second kappa shape index (κ2) is 3.99. The Labute approximate surface area is 87.8 Å². The Morgan fingerprint density at radius 3 is 2.64 bits per heavy atom. The Hall–Kier alpha value is -1.05. The molecule has 0 amide bonds. The van der Waals surface area contributed by atoms with E-state index in [1.54, 1.807) is 19.1 Å². The van der Waals surface area contributed by atoms with Gasteiger partial charge in [-0.25, -0.2) is 8.42 Å². The summed E-state index contributed by atoms with van der Waals surface area (Å²) in [5.41, 5.74) is 0.563. The highest BCUT2D eigenvalue weighted by molar-refractivity contribution is 7.91. The number of sulfone groups is 1. The van der Waals surface area contributed by atoms with E-state index >= 15 is 0 Å². The van der Waals surface area contributed by atoms with Crippen LogP contribution in [-0.2, 0) is 9.84 Å². The molecular formula is C9H8ClNO2S. The van der Waals surface area contributed by atoms with Crippen LogP contribution >= 0.6 is 11.6 Å². The molecule has 0 radical (unpaired) electrons. The fourth-order valence-electron chi connectivity index (χ4n) is 1.12. The van der Waals surface area contributed by atoms with Crippen LogP contribution in [0.3, 0.4) is 0 Å². The van der Waals surface area contributed by atoms with Gasteiger partial charge in [-0.3, -0.25) is 0 Å². The van der Waals surface area contributed by atoms with E-state index < -0.39 is 15.6 Å². The Bertz CT molecular complexity index is 488.